The highest BCUT2D eigenvalue weighted by Crippen LogP contribution is 2.34. The lowest BCUT2D eigenvalue weighted by Gasteiger charge is -2.20. The molecular formula is C22H26FNO6. The van der Waals surface area contributed by atoms with Gasteiger partial charge in [0, 0.05) is 17.5 Å². The number of carbonyl (C=O) groups excluding carboxylic acids is 2. The van der Waals surface area contributed by atoms with E-state index in [4.69, 9.17) is 18.9 Å². The van der Waals surface area contributed by atoms with E-state index in [2.05, 4.69) is 5.32 Å². The molecule has 2 aromatic rings. The number of methoxy groups -OCH3 is 2. The lowest BCUT2D eigenvalue weighted by Crippen LogP contribution is -2.28. The molecule has 0 bridgehead atoms. The summed E-state index contributed by atoms with van der Waals surface area (Å²) in [5.74, 6) is -0.172. The van der Waals surface area contributed by atoms with Gasteiger partial charge in [0.25, 0.3) is 0 Å². The Hall–Kier alpha value is -3.29. The molecule has 1 amide bonds. The van der Waals surface area contributed by atoms with E-state index in [9.17, 15) is 14.0 Å². The van der Waals surface area contributed by atoms with Crippen LogP contribution in [-0.4, -0.2) is 39.3 Å². The Morgan fingerprint density at radius 1 is 0.967 bits per heavy atom. The predicted molar refractivity (Wildman–Crippen MR) is 110 cm³/mol. The summed E-state index contributed by atoms with van der Waals surface area (Å²) in [5.41, 5.74) is -0.304. The van der Waals surface area contributed by atoms with E-state index in [1.54, 1.807) is 20.8 Å². The summed E-state index contributed by atoms with van der Waals surface area (Å²) in [6.45, 7) is 5.31. The average Bonchev–Trinajstić information content (AvgIpc) is 2.71. The fraction of sp³-hybridized carbons (Fsp3) is 0.364. The highest BCUT2D eigenvalue weighted by molar-refractivity contribution is 6.03. The number of anilines is 1. The number of hydrogen-bond donors (Lipinski definition) is 1. The Kier molecular flexibility index (Phi) is 7.63. The molecule has 30 heavy (non-hydrogen) atoms. The van der Waals surface area contributed by atoms with Gasteiger partial charge in [-0.25, -0.2) is 9.18 Å². The highest BCUT2D eigenvalue weighted by Gasteiger charge is 2.25. The van der Waals surface area contributed by atoms with Crippen molar-refractivity contribution in [2.45, 2.75) is 20.8 Å². The van der Waals surface area contributed by atoms with Crippen LogP contribution in [0.1, 0.15) is 31.1 Å². The van der Waals surface area contributed by atoms with Gasteiger partial charge in [-0.3, -0.25) is 4.79 Å². The Bertz CT molecular complexity index is 890. The molecule has 7 nitrogen and oxygen atoms in total. The van der Waals surface area contributed by atoms with Crippen LogP contribution >= 0.6 is 0 Å². The van der Waals surface area contributed by atoms with Crippen LogP contribution in [-0.2, 0) is 9.53 Å². The maximum Gasteiger partial charge on any atom is 0.340 e. The van der Waals surface area contributed by atoms with Crippen molar-refractivity contribution in [3.63, 3.8) is 0 Å². The Morgan fingerprint density at radius 2 is 1.57 bits per heavy atom. The van der Waals surface area contributed by atoms with Gasteiger partial charge < -0.3 is 24.3 Å². The Balaban J connectivity index is 2.12. The van der Waals surface area contributed by atoms with Gasteiger partial charge in [-0.05, 0) is 24.3 Å². The molecule has 0 aliphatic heterocycles. The first-order valence-corrected chi connectivity index (χ1v) is 9.28. The number of benzene rings is 2. The highest BCUT2D eigenvalue weighted by atomic mass is 19.1. The molecule has 0 fully saturated rings. The number of amides is 1. The molecule has 0 spiro atoms. The van der Waals surface area contributed by atoms with Gasteiger partial charge in [0.1, 0.15) is 24.8 Å². The molecule has 0 heterocycles. The topological polar surface area (TPSA) is 83.1 Å². The molecule has 0 saturated heterocycles. The van der Waals surface area contributed by atoms with Crippen molar-refractivity contribution >= 4 is 17.6 Å². The maximum atomic E-state index is 12.9. The second-order valence-corrected chi connectivity index (χ2v) is 7.40. The van der Waals surface area contributed by atoms with Crippen molar-refractivity contribution in [3.8, 4) is 17.2 Å². The molecule has 1 N–H and O–H groups in total. The molecule has 0 aliphatic rings. The Morgan fingerprint density at radius 3 is 2.13 bits per heavy atom. The Labute approximate surface area is 175 Å². The molecule has 0 atom stereocenters. The second-order valence-electron chi connectivity index (χ2n) is 7.40. The third-order valence-corrected chi connectivity index (χ3v) is 4.07. The molecule has 2 aromatic carbocycles. The first-order valence-electron chi connectivity index (χ1n) is 9.28. The van der Waals surface area contributed by atoms with E-state index >= 15 is 0 Å². The zero-order chi connectivity index (χ0) is 22.3. The lowest BCUT2D eigenvalue weighted by atomic mass is 9.95. The molecular weight excluding hydrogens is 393 g/mol. The summed E-state index contributed by atoms with van der Waals surface area (Å²) in [4.78, 5) is 25.1. The average molecular weight is 419 g/mol. The van der Waals surface area contributed by atoms with Crippen LogP contribution in [0.2, 0.25) is 0 Å². The van der Waals surface area contributed by atoms with Crippen LogP contribution in [0.4, 0.5) is 10.1 Å². The second kappa shape index (κ2) is 9.96. The third-order valence-electron chi connectivity index (χ3n) is 4.07. The van der Waals surface area contributed by atoms with Crippen LogP contribution < -0.4 is 19.5 Å². The van der Waals surface area contributed by atoms with Gasteiger partial charge in [-0.2, -0.15) is 0 Å². The number of esters is 1. The quantitative estimate of drug-likeness (QED) is 0.513. The fourth-order valence-electron chi connectivity index (χ4n) is 2.36. The van der Waals surface area contributed by atoms with E-state index in [0.717, 1.165) is 0 Å². The van der Waals surface area contributed by atoms with E-state index in [0.29, 0.717) is 17.2 Å². The minimum absolute atomic E-state index is 0.0444. The number of carbonyl (C=O) groups is 2. The summed E-state index contributed by atoms with van der Waals surface area (Å²) in [6.07, 6.45) is 0. The first kappa shape index (κ1) is 23.0. The zero-order valence-electron chi connectivity index (χ0n) is 17.7. The van der Waals surface area contributed by atoms with Crippen LogP contribution in [0.3, 0.4) is 0 Å². The normalized spacial score (nSPS) is 10.9. The summed E-state index contributed by atoms with van der Waals surface area (Å²) in [6, 6.07) is 8.45. The SMILES string of the molecule is COc1cc(NC(=O)C(C)(C)C)c(C(=O)OCCOc2ccc(F)cc2)cc1OC. The number of hydrogen-bond acceptors (Lipinski definition) is 6. The van der Waals surface area contributed by atoms with Gasteiger partial charge in [0.05, 0.1) is 25.5 Å². The molecule has 0 aliphatic carbocycles. The minimum atomic E-state index is -0.669. The standard InChI is InChI=1S/C22H26FNO6/c1-22(2,3)21(26)24-17-13-19(28-5)18(27-4)12-16(17)20(25)30-11-10-29-15-8-6-14(23)7-9-15/h6-9,12-13H,10-11H2,1-5H3,(H,24,26). The van der Waals surface area contributed by atoms with Crippen LogP contribution in [0.5, 0.6) is 17.2 Å². The van der Waals surface area contributed by atoms with Crippen molar-refractivity contribution < 1.29 is 32.9 Å². The molecule has 0 saturated carbocycles. The van der Waals surface area contributed by atoms with Gasteiger partial charge >= 0.3 is 5.97 Å². The molecule has 162 valence electrons. The number of nitrogens with one attached hydrogen (secondary N) is 1. The van der Waals surface area contributed by atoms with Gasteiger partial charge in [0.15, 0.2) is 11.5 Å². The minimum Gasteiger partial charge on any atom is -0.493 e. The summed E-state index contributed by atoms with van der Waals surface area (Å²) >= 11 is 0. The van der Waals surface area contributed by atoms with Crippen LogP contribution in [0.15, 0.2) is 36.4 Å². The van der Waals surface area contributed by atoms with Crippen molar-refractivity contribution in [1.82, 2.24) is 0 Å². The lowest BCUT2D eigenvalue weighted by molar-refractivity contribution is -0.123. The summed E-state index contributed by atoms with van der Waals surface area (Å²) in [7, 11) is 2.90. The molecule has 8 heteroatoms. The third kappa shape index (κ3) is 6.10. The van der Waals surface area contributed by atoms with Gasteiger partial charge in [-0.1, -0.05) is 20.8 Å². The zero-order valence-corrected chi connectivity index (χ0v) is 17.7. The maximum absolute atomic E-state index is 12.9. The van der Waals surface area contributed by atoms with Crippen LogP contribution in [0.25, 0.3) is 0 Å². The fourth-order valence-corrected chi connectivity index (χ4v) is 2.36. The summed E-state index contributed by atoms with van der Waals surface area (Å²) < 4.78 is 34.1. The predicted octanol–water partition coefficient (Wildman–Crippen LogP) is 4.06. The van der Waals surface area contributed by atoms with Crippen molar-refractivity contribution in [1.29, 1.82) is 0 Å². The smallest absolute Gasteiger partial charge is 0.340 e. The van der Waals surface area contributed by atoms with Crippen molar-refractivity contribution in [2.24, 2.45) is 5.41 Å². The molecule has 0 radical (unpaired) electrons. The van der Waals surface area contributed by atoms with Gasteiger partial charge in [-0.15, -0.1) is 0 Å². The molecule has 0 unspecified atom stereocenters. The monoisotopic (exact) mass is 419 g/mol. The first-order chi connectivity index (χ1) is 14.2. The number of rotatable bonds is 8. The van der Waals surface area contributed by atoms with E-state index < -0.39 is 11.4 Å². The van der Waals surface area contributed by atoms with Crippen molar-refractivity contribution in [2.75, 3.05) is 32.8 Å². The van der Waals surface area contributed by atoms with Gasteiger partial charge in [0.2, 0.25) is 5.91 Å². The van der Waals surface area contributed by atoms with E-state index in [-0.39, 0.29) is 36.2 Å². The molecule has 2 rings (SSSR count). The van der Waals surface area contributed by atoms with E-state index in [1.807, 2.05) is 0 Å². The number of halogens is 1. The number of ether oxygens (including phenoxy) is 4. The van der Waals surface area contributed by atoms with Crippen molar-refractivity contribution in [3.05, 3.63) is 47.8 Å². The van der Waals surface area contributed by atoms with Crippen LogP contribution in [0, 0.1) is 11.2 Å². The van der Waals surface area contributed by atoms with E-state index in [1.165, 1.54) is 50.6 Å². The largest absolute Gasteiger partial charge is 0.493 e. The molecule has 0 aromatic heterocycles. The summed E-state index contributed by atoms with van der Waals surface area (Å²) in [5, 5.41) is 2.74.